The number of nitrogens with zero attached hydrogens (tertiary/aromatic N) is 3. The first kappa shape index (κ1) is 33.1. The van der Waals surface area contributed by atoms with Gasteiger partial charge in [0.2, 0.25) is 17.1 Å². The number of benzene rings is 5. The maximum Gasteiger partial charge on any atom is 0.403 e. The monoisotopic (exact) mass is 702 g/mol. The molecule has 0 spiro atoms. The number of pyridine rings is 3. The van der Waals surface area contributed by atoms with Crippen molar-refractivity contribution in [3.05, 3.63) is 186 Å². The second-order valence-corrected chi connectivity index (χ2v) is 14.1. The molecule has 5 heteroatoms. The van der Waals surface area contributed by atoms with Gasteiger partial charge in [-0.05, 0) is 77.4 Å². The number of esters is 1. The average Bonchev–Trinajstić information content (AvgIpc) is 3.54. The Kier molecular flexibility index (Phi) is 8.20. The molecule has 0 N–H and O–H groups in total. The lowest BCUT2D eigenvalue weighted by atomic mass is 9.89. The minimum absolute atomic E-state index is 0.400. The molecule has 0 amide bonds. The normalized spacial score (nSPS) is 13.1. The van der Waals surface area contributed by atoms with Crippen LogP contribution >= 0.6 is 0 Å². The molecule has 260 valence electrons. The maximum absolute atomic E-state index is 14.3. The molecule has 4 heterocycles. The molecular formula is C49H40N3O2+3. The van der Waals surface area contributed by atoms with Crippen molar-refractivity contribution < 1.29 is 23.2 Å². The van der Waals surface area contributed by atoms with Crippen molar-refractivity contribution in [1.29, 1.82) is 0 Å². The first-order valence-corrected chi connectivity index (χ1v) is 18.3. The number of methoxy groups -OCH3 is 1. The van der Waals surface area contributed by atoms with Gasteiger partial charge in [-0.15, -0.1) is 9.13 Å². The van der Waals surface area contributed by atoms with Gasteiger partial charge in [0, 0.05) is 35.9 Å². The predicted octanol–water partition coefficient (Wildman–Crippen LogP) is 9.39. The Morgan fingerprint density at radius 2 is 1.28 bits per heavy atom. The van der Waals surface area contributed by atoms with Gasteiger partial charge < -0.3 is 4.74 Å². The lowest BCUT2D eigenvalue weighted by Gasteiger charge is -2.17. The molecule has 3 aromatic heterocycles. The highest BCUT2D eigenvalue weighted by Gasteiger charge is 2.50. The van der Waals surface area contributed by atoms with E-state index in [1.165, 1.54) is 12.7 Å². The number of fused-ring (bicyclic) bond motifs is 4. The number of rotatable bonds is 6. The largest absolute Gasteiger partial charge is 0.461 e. The van der Waals surface area contributed by atoms with Crippen LogP contribution in [0, 0.1) is 13.8 Å². The first-order valence-electron chi connectivity index (χ1n) is 18.3. The summed E-state index contributed by atoms with van der Waals surface area (Å²) in [5, 5.41) is 2.32. The molecule has 9 rings (SSSR count). The maximum atomic E-state index is 14.3. The molecule has 0 radical (unpaired) electrons. The molecule has 5 nitrogen and oxygen atoms in total. The van der Waals surface area contributed by atoms with Crippen LogP contribution in [0.25, 0.3) is 66.8 Å². The molecule has 1 atom stereocenters. The molecular weight excluding hydrogens is 663 g/mol. The average molecular weight is 703 g/mol. The highest BCUT2D eigenvalue weighted by molar-refractivity contribution is 5.96. The zero-order valence-electron chi connectivity index (χ0n) is 30.8. The summed E-state index contributed by atoms with van der Waals surface area (Å²) < 4.78 is 12.4. The van der Waals surface area contributed by atoms with Gasteiger partial charge in [-0.2, -0.15) is 0 Å². The van der Waals surface area contributed by atoms with Crippen molar-refractivity contribution in [3.63, 3.8) is 0 Å². The Balaban J connectivity index is 1.45. The van der Waals surface area contributed by atoms with Crippen molar-refractivity contribution in [2.75, 3.05) is 7.11 Å². The lowest BCUT2D eigenvalue weighted by molar-refractivity contribution is -0.921. The van der Waals surface area contributed by atoms with Crippen LogP contribution in [0.1, 0.15) is 33.3 Å². The molecule has 5 aromatic carbocycles. The van der Waals surface area contributed by atoms with Crippen molar-refractivity contribution in [1.82, 2.24) is 0 Å². The molecule has 54 heavy (non-hydrogen) atoms. The van der Waals surface area contributed by atoms with Crippen LogP contribution in [0.5, 0.6) is 0 Å². The zero-order valence-corrected chi connectivity index (χ0v) is 30.8. The number of hydrogen-bond acceptors (Lipinski definition) is 2. The molecule has 0 fully saturated rings. The molecule has 1 aliphatic rings. The van der Waals surface area contributed by atoms with Crippen LogP contribution in [-0.2, 0) is 11.8 Å². The van der Waals surface area contributed by atoms with Gasteiger partial charge in [0.05, 0.1) is 23.6 Å². The second kappa shape index (κ2) is 13.4. The number of carbonyl (C=O) groups is 1. The number of carbonyl (C=O) groups excluding carboxylic acids is 1. The van der Waals surface area contributed by atoms with Crippen molar-refractivity contribution in [2.24, 2.45) is 7.05 Å². The fourth-order valence-electron chi connectivity index (χ4n) is 8.19. The van der Waals surface area contributed by atoms with E-state index in [1.807, 2.05) is 6.07 Å². The van der Waals surface area contributed by atoms with Crippen LogP contribution in [0.4, 0.5) is 0 Å². The Bertz CT molecular complexity index is 2750. The van der Waals surface area contributed by atoms with E-state index in [-0.39, 0.29) is 0 Å². The molecule has 1 unspecified atom stereocenters. The van der Waals surface area contributed by atoms with E-state index in [0.29, 0.717) is 5.69 Å². The quantitative estimate of drug-likeness (QED) is 0.128. The summed E-state index contributed by atoms with van der Waals surface area (Å²) in [7, 11) is 3.59. The molecule has 0 bridgehead atoms. The summed E-state index contributed by atoms with van der Waals surface area (Å²) in [6.07, 6.45) is 3.84. The van der Waals surface area contributed by atoms with Gasteiger partial charge in [0.1, 0.15) is 12.6 Å². The first-order chi connectivity index (χ1) is 26.4. The fraction of sp³-hybridized carbons (Fsp3) is 0.102. The van der Waals surface area contributed by atoms with Gasteiger partial charge in [-0.25, -0.2) is 9.36 Å². The summed E-state index contributed by atoms with van der Waals surface area (Å²) in [5.74, 6) is -0.400. The topological polar surface area (TPSA) is 37.9 Å². The van der Waals surface area contributed by atoms with E-state index < -0.39 is 12.1 Å². The molecule has 1 aliphatic heterocycles. The van der Waals surface area contributed by atoms with Gasteiger partial charge in [0.15, 0.2) is 12.4 Å². The van der Waals surface area contributed by atoms with Gasteiger partial charge in [-0.1, -0.05) is 96.6 Å². The highest BCUT2D eigenvalue weighted by atomic mass is 16.5. The van der Waals surface area contributed by atoms with E-state index in [2.05, 4.69) is 193 Å². The van der Waals surface area contributed by atoms with E-state index >= 15 is 0 Å². The standard InChI is InChI=1S/C49H40N3O2/c1-32-21-23-35(24-22-32)38-30-44(39-18-10-8-14-33(39)2)52(45(31-38)49(53)54-4)48-46-41(43-20-12-13-26-51(43)48)28-37(34-15-6-5-7-16-34)29-42(46)47-40-19-11-9-17-36(40)25-27-50(47)3/h5-31,48H,1-4H3/q+3. The second-order valence-electron chi connectivity index (χ2n) is 14.1. The zero-order chi connectivity index (χ0) is 36.9. The summed E-state index contributed by atoms with van der Waals surface area (Å²) in [5.41, 5.74) is 14.5. The van der Waals surface area contributed by atoms with Gasteiger partial charge in [0.25, 0.3) is 5.69 Å². The third-order valence-electron chi connectivity index (χ3n) is 10.8. The predicted molar refractivity (Wildman–Crippen MR) is 213 cm³/mol. The van der Waals surface area contributed by atoms with Crippen LogP contribution < -0.4 is 13.7 Å². The fourth-order valence-corrected chi connectivity index (χ4v) is 8.19. The molecule has 0 saturated carbocycles. The Hall–Kier alpha value is -6.72. The van der Waals surface area contributed by atoms with Crippen LogP contribution in [-0.4, -0.2) is 13.1 Å². The van der Waals surface area contributed by atoms with E-state index in [4.69, 9.17) is 4.74 Å². The van der Waals surface area contributed by atoms with Crippen LogP contribution in [0.2, 0.25) is 0 Å². The van der Waals surface area contributed by atoms with E-state index in [9.17, 15) is 4.79 Å². The summed E-state index contributed by atoms with van der Waals surface area (Å²) in [6, 6.07) is 53.5. The SMILES string of the molecule is COC(=O)c1cc(-c2ccc(C)cc2)cc(-c2ccccc2C)[n+]1C1c2c(-c3c4ccccc4cc[n+]3C)cc(-c3ccccc3)cc2-c2cccc[n+]21. The molecule has 8 aromatic rings. The number of hydrogen-bond donors (Lipinski definition) is 0. The third kappa shape index (κ3) is 5.48. The number of ether oxygens (including phenoxy) is 1. The number of aryl methyl sites for hydroxylation is 3. The van der Waals surface area contributed by atoms with Crippen LogP contribution in [0.15, 0.2) is 164 Å². The summed E-state index contributed by atoms with van der Waals surface area (Å²) in [4.78, 5) is 14.3. The summed E-state index contributed by atoms with van der Waals surface area (Å²) in [6.45, 7) is 4.22. The van der Waals surface area contributed by atoms with E-state index in [0.717, 1.165) is 77.9 Å². The lowest BCUT2D eigenvalue weighted by Crippen LogP contribution is -2.60. The van der Waals surface area contributed by atoms with Gasteiger partial charge >= 0.3 is 12.1 Å². The Labute approximate surface area is 315 Å². The number of aromatic nitrogens is 3. The minimum Gasteiger partial charge on any atom is -0.461 e. The summed E-state index contributed by atoms with van der Waals surface area (Å²) >= 11 is 0. The molecule has 0 aliphatic carbocycles. The smallest absolute Gasteiger partial charge is 0.403 e. The van der Waals surface area contributed by atoms with Crippen molar-refractivity contribution in [3.8, 4) is 56.0 Å². The molecule has 0 saturated heterocycles. The third-order valence-corrected chi connectivity index (χ3v) is 10.8. The Morgan fingerprint density at radius 3 is 2.07 bits per heavy atom. The minimum atomic E-state index is -0.439. The van der Waals surface area contributed by atoms with Crippen molar-refractivity contribution in [2.45, 2.75) is 20.0 Å². The Morgan fingerprint density at radius 1 is 0.593 bits per heavy atom. The highest BCUT2D eigenvalue weighted by Crippen LogP contribution is 2.44. The van der Waals surface area contributed by atoms with Gasteiger partial charge in [-0.3, -0.25) is 0 Å². The van der Waals surface area contributed by atoms with E-state index in [1.54, 1.807) is 0 Å². The van der Waals surface area contributed by atoms with Crippen LogP contribution in [0.3, 0.4) is 0 Å². The van der Waals surface area contributed by atoms with Crippen molar-refractivity contribution >= 4 is 16.7 Å².